The van der Waals surface area contributed by atoms with Crippen LogP contribution in [0.15, 0.2) is 29.0 Å². The van der Waals surface area contributed by atoms with Crippen LogP contribution < -0.4 is 16.6 Å². The number of anilines is 1. The molecule has 0 unspecified atom stereocenters. The molecule has 0 aromatic carbocycles. The molecular formula is C13H16N4OS. The number of nitrogens with zero attached hydrogens (tertiary/aromatic N) is 1. The molecule has 0 spiro atoms. The highest BCUT2D eigenvalue weighted by molar-refractivity contribution is 7.07. The van der Waals surface area contributed by atoms with Crippen molar-refractivity contribution < 1.29 is 4.79 Å². The van der Waals surface area contributed by atoms with E-state index in [9.17, 15) is 4.79 Å². The summed E-state index contributed by atoms with van der Waals surface area (Å²) in [5.41, 5.74) is 5.00. The molecule has 2 aromatic rings. The van der Waals surface area contributed by atoms with Crippen molar-refractivity contribution in [1.82, 2.24) is 10.3 Å². The van der Waals surface area contributed by atoms with Crippen molar-refractivity contribution in [1.29, 1.82) is 0 Å². The Labute approximate surface area is 115 Å². The van der Waals surface area contributed by atoms with Crippen LogP contribution in [0.4, 0.5) is 5.82 Å². The van der Waals surface area contributed by atoms with Crippen LogP contribution in [0.25, 0.3) is 0 Å². The standard InChI is InChI=1S/C13H16N4OS/c1-9-6-11(7-12(16-9)17-14)13(18)15-4-2-10-3-5-19-8-10/h3,5-8H,2,4,14H2,1H3,(H,15,18)(H,16,17). The van der Waals surface area contributed by atoms with E-state index in [2.05, 4.69) is 27.2 Å². The largest absolute Gasteiger partial charge is 0.352 e. The molecule has 19 heavy (non-hydrogen) atoms. The Morgan fingerprint density at radius 2 is 2.32 bits per heavy atom. The summed E-state index contributed by atoms with van der Waals surface area (Å²) in [4.78, 5) is 16.1. The number of rotatable bonds is 5. The van der Waals surface area contributed by atoms with Crippen LogP contribution >= 0.6 is 11.3 Å². The maximum absolute atomic E-state index is 12.0. The number of aryl methyl sites for hydroxylation is 1. The van der Waals surface area contributed by atoms with E-state index in [4.69, 9.17) is 5.84 Å². The molecule has 100 valence electrons. The van der Waals surface area contributed by atoms with Gasteiger partial charge in [0.05, 0.1) is 0 Å². The topological polar surface area (TPSA) is 80.0 Å². The molecular weight excluding hydrogens is 260 g/mol. The first kappa shape index (κ1) is 13.5. The number of hydrogen-bond donors (Lipinski definition) is 3. The zero-order valence-electron chi connectivity index (χ0n) is 10.6. The number of aromatic nitrogens is 1. The van der Waals surface area contributed by atoms with E-state index < -0.39 is 0 Å². The van der Waals surface area contributed by atoms with Gasteiger partial charge in [0.25, 0.3) is 5.91 Å². The first-order chi connectivity index (χ1) is 9.19. The van der Waals surface area contributed by atoms with Crippen LogP contribution in [-0.4, -0.2) is 17.4 Å². The van der Waals surface area contributed by atoms with Gasteiger partial charge >= 0.3 is 0 Å². The number of nitrogens with two attached hydrogens (primary N) is 1. The summed E-state index contributed by atoms with van der Waals surface area (Å²) in [6, 6.07) is 5.43. The molecule has 5 nitrogen and oxygen atoms in total. The third kappa shape index (κ3) is 3.77. The second-order valence-corrected chi connectivity index (χ2v) is 4.94. The van der Waals surface area contributed by atoms with Crippen molar-refractivity contribution in [2.45, 2.75) is 13.3 Å². The average Bonchev–Trinajstić information content (AvgIpc) is 2.91. The van der Waals surface area contributed by atoms with E-state index in [1.807, 2.05) is 12.3 Å². The number of hydrazine groups is 1. The second kappa shape index (κ2) is 6.31. The summed E-state index contributed by atoms with van der Waals surface area (Å²) in [5.74, 6) is 5.68. The van der Waals surface area contributed by atoms with Gasteiger partial charge in [-0.05, 0) is 47.9 Å². The van der Waals surface area contributed by atoms with E-state index in [-0.39, 0.29) is 5.91 Å². The van der Waals surface area contributed by atoms with Crippen LogP contribution in [0.2, 0.25) is 0 Å². The molecule has 6 heteroatoms. The van der Waals surface area contributed by atoms with E-state index in [0.717, 1.165) is 12.1 Å². The Kier molecular flexibility index (Phi) is 4.48. The highest BCUT2D eigenvalue weighted by Gasteiger charge is 2.07. The molecule has 2 aromatic heterocycles. The fraction of sp³-hybridized carbons (Fsp3) is 0.231. The van der Waals surface area contributed by atoms with Gasteiger partial charge < -0.3 is 10.7 Å². The zero-order chi connectivity index (χ0) is 13.7. The number of pyridine rings is 1. The van der Waals surface area contributed by atoms with Crippen LogP contribution in [0.5, 0.6) is 0 Å². The molecule has 0 aliphatic rings. The zero-order valence-corrected chi connectivity index (χ0v) is 11.5. The van der Waals surface area contributed by atoms with E-state index in [1.165, 1.54) is 5.56 Å². The van der Waals surface area contributed by atoms with Gasteiger partial charge in [0.1, 0.15) is 5.82 Å². The lowest BCUT2D eigenvalue weighted by atomic mass is 10.2. The smallest absolute Gasteiger partial charge is 0.251 e. The van der Waals surface area contributed by atoms with Crippen molar-refractivity contribution in [2.75, 3.05) is 12.0 Å². The minimum atomic E-state index is -0.114. The maximum atomic E-state index is 12.0. The average molecular weight is 276 g/mol. The molecule has 0 bridgehead atoms. The lowest BCUT2D eigenvalue weighted by molar-refractivity contribution is 0.0954. The molecule has 4 N–H and O–H groups in total. The number of nitrogens with one attached hydrogen (secondary N) is 2. The molecule has 0 aliphatic heterocycles. The van der Waals surface area contributed by atoms with Crippen LogP contribution in [0.3, 0.4) is 0 Å². The number of amides is 1. The lowest BCUT2D eigenvalue weighted by Gasteiger charge is -2.07. The summed E-state index contributed by atoms with van der Waals surface area (Å²) in [6.07, 6.45) is 0.835. The maximum Gasteiger partial charge on any atom is 0.251 e. The molecule has 0 radical (unpaired) electrons. The number of carbonyl (C=O) groups excluding carboxylic acids is 1. The summed E-state index contributed by atoms with van der Waals surface area (Å²) < 4.78 is 0. The number of hydrogen-bond acceptors (Lipinski definition) is 5. The van der Waals surface area contributed by atoms with Gasteiger partial charge in [-0.25, -0.2) is 10.8 Å². The molecule has 0 fully saturated rings. The van der Waals surface area contributed by atoms with Gasteiger partial charge in [-0.3, -0.25) is 4.79 Å². The number of nitrogen functional groups attached to an aromatic ring is 1. The van der Waals surface area contributed by atoms with Gasteiger partial charge in [0.15, 0.2) is 0 Å². The van der Waals surface area contributed by atoms with Crippen molar-refractivity contribution in [2.24, 2.45) is 5.84 Å². The first-order valence-electron chi connectivity index (χ1n) is 5.93. The third-order valence-corrected chi connectivity index (χ3v) is 3.37. The Balaban J connectivity index is 1.94. The predicted octanol–water partition coefficient (Wildman–Crippen LogP) is 1.71. The van der Waals surface area contributed by atoms with E-state index >= 15 is 0 Å². The SMILES string of the molecule is Cc1cc(C(=O)NCCc2ccsc2)cc(NN)n1. The minimum Gasteiger partial charge on any atom is -0.352 e. The highest BCUT2D eigenvalue weighted by atomic mass is 32.1. The Hall–Kier alpha value is -1.92. The molecule has 2 rings (SSSR count). The monoisotopic (exact) mass is 276 g/mol. The summed E-state index contributed by atoms with van der Waals surface area (Å²) in [6.45, 7) is 2.44. The molecule has 0 saturated carbocycles. The first-order valence-corrected chi connectivity index (χ1v) is 6.88. The van der Waals surface area contributed by atoms with Crippen molar-refractivity contribution in [3.8, 4) is 0 Å². The summed E-state index contributed by atoms with van der Waals surface area (Å²) in [7, 11) is 0. The van der Waals surface area contributed by atoms with Gasteiger partial charge in [0, 0.05) is 17.8 Å². The van der Waals surface area contributed by atoms with E-state index in [1.54, 1.807) is 23.5 Å². The fourth-order valence-corrected chi connectivity index (χ4v) is 2.43. The molecule has 0 saturated heterocycles. The summed E-state index contributed by atoms with van der Waals surface area (Å²) >= 11 is 1.66. The predicted molar refractivity (Wildman–Crippen MR) is 77.1 cm³/mol. The molecule has 0 atom stereocenters. The highest BCUT2D eigenvalue weighted by Crippen LogP contribution is 2.09. The fourth-order valence-electron chi connectivity index (χ4n) is 1.73. The van der Waals surface area contributed by atoms with Gasteiger partial charge in [-0.15, -0.1) is 0 Å². The Morgan fingerprint density at radius 3 is 3.00 bits per heavy atom. The van der Waals surface area contributed by atoms with Gasteiger partial charge in [-0.2, -0.15) is 11.3 Å². The van der Waals surface area contributed by atoms with Gasteiger partial charge in [-0.1, -0.05) is 0 Å². The Morgan fingerprint density at radius 1 is 1.47 bits per heavy atom. The van der Waals surface area contributed by atoms with E-state index in [0.29, 0.717) is 17.9 Å². The van der Waals surface area contributed by atoms with Gasteiger partial charge in [0.2, 0.25) is 0 Å². The third-order valence-electron chi connectivity index (χ3n) is 2.64. The second-order valence-electron chi connectivity index (χ2n) is 4.16. The minimum absolute atomic E-state index is 0.114. The quantitative estimate of drug-likeness (QED) is 0.573. The van der Waals surface area contributed by atoms with Crippen LogP contribution in [-0.2, 0) is 6.42 Å². The van der Waals surface area contributed by atoms with Crippen molar-refractivity contribution in [3.63, 3.8) is 0 Å². The van der Waals surface area contributed by atoms with Crippen LogP contribution in [0.1, 0.15) is 21.6 Å². The number of thiophene rings is 1. The molecule has 1 amide bonds. The number of carbonyl (C=O) groups is 1. The molecule has 0 aliphatic carbocycles. The normalized spacial score (nSPS) is 10.2. The lowest BCUT2D eigenvalue weighted by Crippen LogP contribution is -2.26. The Bertz CT molecular complexity index is 554. The van der Waals surface area contributed by atoms with Crippen LogP contribution in [0, 0.1) is 6.92 Å². The van der Waals surface area contributed by atoms with Crippen molar-refractivity contribution >= 4 is 23.1 Å². The molecule has 2 heterocycles. The van der Waals surface area contributed by atoms with Crippen molar-refractivity contribution in [3.05, 3.63) is 45.8 Å². The summed E-state index contributed by atoms with van der Waals surface area (Å²) in [5, 5.41) is 7.00.